The molecule has 2 rings (SSSR count). The molecule has 3 amide bonds. The summed E-state index contributed by atoms with van der Waals surface area (Å²) in [6, 6.07) is 15.6. The summed E-state index contributed by atoms with van der Waals surface area (Å²) >= 11 is 0. The summed E-state index contributed by atoms with van der Waals surface area (Å²) in [4.78, 5) is 35.9. The van der Waals surface area contributed by atoms with Gasteiger partial charge in [0.15, 0.2) is 0 Å². The van der Waals surface area contributed by atoms with Crippen molar-refractivity contribution >= 4 is 18.2 Å². The summed E-state index contributed by atoms with van der Waals surface area (Å²) in [5.41, 5.74) is 3.72. The van der Waals surface area contributed by atoms with E-state index in [4.69, 9.17) is 0 Å². The normalized spacial score (nSPS) is 11.7. The first-order chi connectivity index (χ1) is 15.8. The third-order valence-electron chi connectivity index (χ3n) is 5.58. The number of carbonyl (C=O) groups is 3. The number of amides is 3. The van der Waals surface area contributed by atoms with E-state index in [1.807, 2.05) is 30.3 Å². The van der Waals surface area contributed by atoms with Crippen LogP contribution in [-0.4, -0.2) is 41.7 Å². The lowest BCUT2D eigenvalue weighted by Crippen LogP contribution is -2.43. The summed E-state index contributed by atoms with van der Waals surface area (Å²) in [7, 11) is 0. The van der Waals surface area contributed by atoms with Crippen LogP contribution < -0.4 is 10.6 Å². The average molecular weight is 454 g/mol. The number of benzene rings is 2. The highest BCUT2D eigenvalue weighted by molar-refractivity contribution is 5.95. The van der Waals surface area contributed by atoms with Gasteiger partial charge >= 0.3 is 0 Å². The van der Waals surface area contributed by atoms with Crippen LogP contribution in [0.4, 0.5) is 0 Å². The molecule has 0 aliphatic rings. The van der Waals surface area contributed by atoms with Crippen LogP contribution in [-0.2, 0) is 9.59 Å². The topological polar surface area (TPSA) is 98.7 Å². The van der Waals surface area contributed by atoms with E-state index < -0.39 is 5.92 Å². The van der Waals surface area contributed by atoms with Crippen LogP contribution >= 0.6 is 0 Å². The molecule has 3 N–H and O–H groups in total. The molecule has 0 fully saturated rings. The zero-order valence-electron chi connectivity index (χ0n) is 19.7. The van der Waals surface area contributed by atoms with E-state index in [1.165, 1.54) is 5.56 Å². The van der Waals surface area contributed by atoms with Crippen LogP contribution in [0.1, 0.15) is 68.3 Å². The molecule has 0 saturated carbocycles. The molecular weight excluding hydrogens is 418 g/mol. The number of unbranched alkanes of at least 4 members (excludes halogenated alkanes) is 2. The van der Waals surface area contributed by atoms with Crippen LogP contribution in [0.2, 0.25) is 0 Å². The molecule has 0 radical (unpaired) electrons. The fourth-order valence-corrected chi connectivity index (χ4v) is 3.59. The molecule has 0 aliphatic heterocycles. The second-order valence-electron chi connectivity index (χ2n) is 8.50. The number of carbonyl (C=O) groups excluding carboxylic acids is 3. The van der Waals surface area contributed by atoms with E-state index in [0.29, 0.717) is 23.0 Å². The molecule has 178 valence electrons. The standard InChI is InChI=1S/C26H35N3O4/c1-4-5-6-9-24(16-29(33)18-30)26(32)28-17-27-25(31)23-13-8-12-22(15-23)21-11-7-10-20(14-21)19(2)3/h7-8,10-15,18-19,24,33H,4-6,9,16-17H2,1-3H3,(H,27,31)(H,28,32)/t24-/m1/s1. The van der Waals surface area contributed by atoms with Gasteiger partial charge in [0.2, 0.25) is 12.3 Å². The maximum Gasteiger partial charge on any atom is 0.252 e. The van der Waals surface area contributed by atoms with E-state index in [2.05, 4.69) is 43.5 Å². The maximum atomic E-state index is 12.6. The van der Waals surface area contributed by atoms with Crippen LogP contribution in [0, 0.1) is 5.92 Å². The van der Waals surface area contributed by atoms with Crippen LogP contribution in [0.15, 0.2) is 48.5 Å². The van der Waals surface area contributed by atoms with Gasteiger partial charge in [-0.15, -0.1) is 0 Å². The second kappa shape index (κ2) is 13.4. The van der Waals surface area contributed by atoms with Crippen molar-refractivity contribution in [1.82, 2.24) is 15.7 Å². The molecule has 7 heteroatoms. The van der Waals surface area contributed by atoms with Gasteiger partial charge in [-0.3, -0.25) is 19.6 Å². The highest BCUT2D eigenvalue weighted by Crippen LogP contribution is 2.24. The molecule has 0 spiro atoms. The molecule has 0 heterocycles. The fourth-order valence-electron chi connectivity index (χ4n) is 3.59. The molecule has 2 aromatic carbocycles. The lowest BCUT2D eigenvalue weighted by molar-refractivity contribution is -0.154. The van der Waals surface area contributed by atoms with E-state index in [0.717, 1.165) is 30.4 Å². The molecule has 1 atom stereocenters. The first kappa shape index (κ1) is 26.1. The van der Waals surface area contributed by atoms with Gasteiger partial charge in [-0.25, -0.2) is 5.06 Å². The molecule has 33 heavy (non-hydrogen) atoms. The Kier molecular flexibility index (Phi) is 10.6. The number of hydrogen-bond donors (Lipinski definition) is 3. The Morgan fingerprint density at radius 3 is 2.39 bits per heavy atom. The Morgan fingerprint density at radius 1 is 1.03 bits per heavy atom. The van der Waals surface area contributed by atoms with E-state index >= 15 is 0 Å². The molecule has 2 aromatic rings. The third kappa shape index (κ3) is 8.35. The van der Waals surface area contributed by atoms with Gasteiger partial charge in [0.1, 0.15) is 0 Å². The predicted octanol–water partition coefficient (Wildman–Crippen LogP) is 4.32. The van der Waals surface area contributed by atoms with Crippen molar-refractivity contribution in [3.05, 3.63) is 59.7 Å². The Balaban J connectivity index is 1.97. The fraction of sp³-hybridized carbons (Fsp3) is 0.423. The SMILES string of the molecule is CCCCC[C@H](CN(O)C=O)C(=O)NCNC(=O)c1cccc(-c2cccc(C(C)C)c2)c1. The van der Waals surface area contributed by atoms with E-state index in [9.17, 15) is 19.6 Å². The van der Waals surface area contributed by atoms with Gasteiger partial charge in [0, 0.05) is 5.56 Å². The van der Waals surface area contributed by atoms with E-state index in [-0.39, 0.29) is 31.4 Å². The largest absolute Gasteiger partial charge is 0.338 e. The Bertz CT molecular complexity index is 929. The second-order valence-corrected chi connectivity index (χ2v) is 8.50. The van der Waals surface area contributed by atoms with Gasteiger partial charge in [-0.2, -0.15) is 0 Å². The molecule has 7 nitrogen and oxygen atoms in total. The highest BCUT2D eigenvalue weighted by atomic mass is 16.5. The van der Waals surface area contributed by atoms with Crippen molar-refractivity contribution in [2.75, 3.05) is 13.2 Å². The minimum Gasteiger partial charge on any atom is -0.338 e. The smallest absolute Gasteiger partial charge is 0.252 e. The summed E-state index contributed by atoms with van der Waals surface area (Å²) in [5.74, 6) is -0.738. The van der Waals surface area contributed by atoms with Crippen LogP contribution in [0.5, 0.6) is 0 Å². The zero-order chi connectivity index (χ0) is 24.2. The lowest BCUT2D eigenvalue weighted by atomic mass is 9.96. The minimum atomic E-state index is -0.541. The first-order valence-corrected chi connectivity index (χ1v) is 11.5. The van der Waals surface area contributed by atoms with Gasteiger partial charge in [0.05, 0.1) is 19.1 Å². The monoisotopic (exact) mass is 453 g/mol. The van der Waals surface area contributed by atoms with Crippen molar-refractivity contribution in [2.45, 2.75) is 52.4 Å². The number of hydroxylamine groups is 2. The molecule has 0 unspecified atom stereocenters. The third-order valence-corrected chi connectivity index (χ3v) is 5.58. The van der Waals surface area contributed by atoms with Gasteiger partial charge in [-0.1, -0.05) is 76.4 Å². The van der Waals surface area contributed by atoms with Crippen LogP contribution in [0.3, 0.4) is 0 Å². The molecule has 0 aliphatic carbocycles. The molecule has 0 bridgehead atoms. The van der Waals surface area contributed by atoms with Crippen LogP contribution in [0.25, 0.3) is 11.1 Å². The average Bonchev–Trinajstić information content (AvgIpc) is 2.83. The van der Waals surface area contributed by atoms with Crippen molar-refractivity contribution in [3.8, 4) is 11.1 Å². The quantitative estimate of drug-likeness (QED) is 0.138. The van der Waals surface area contributed by atoms with Gasteiger partial charge in [0.25, 0.3) is 5.91 Å². The summed E-state index contributed by atoms with van der Waals surface area (Å²) in [6.45, 7) is 6.22. The van der Waals surface area contributed by atoms with Gasteiger partial charge in [-0.05, 0) is 41.2 Å². The minimum absolute atomic E-state index is 0.0402. The van der Waals surface area contributed by atoms with Crippen molar-refractivity contribution < 1.29 is 19.6 Å². The number of nitrogens with zero attached hydrogens (tertiary/aromatic N) is 1. The van der Waals surface area contributed by atoms with Crippen molar-refractivity contribution in [3.63, 3.8) is 0 Å². The lowest BCUT2D eigenvalue weighted by Gasteiger charge is -2.19. The maximum absolute atomic E-state index is 12.6. The van der Waals surface area contributed by atoms with Gasteiger partial charge < -0.3 is 10.6 Å². The Hall–Kier alpha value is -3.19. The number of hydrogen-bond acceptors (Lipinski definition) is 4. The Labute approximate surface area is 196 Å². The summed E-state index contributed by atoms with van der Waals surface area (Å²) in [6.07, 6.45) is 3.62. The number of rotatable bonds is 13. The molecular formula is C26H35N3O4. The zero-order valence-corrected chi connectivity index (χ0v) is 19.7. The summed E-state index contributed by atoms with van der Waals surface area (Å²) in [5, 5.41) is 15.4. The predicted molar refractivity (Wildman–Crippen MR) is 129 cm³/mol. The van der Waals surface area contributed by atoms with Crippen molar-refractivity contribution in [1.29, 1.82) is 0 Å². The van der Waals surface area contributed by atoms with Crippen molar-refractivity contribution in [2.24, 2.45) is 5.92 Å². The highest BCUT2D eigenvalue weighted by Gasteiger charge is 2.20. The molecule has 0 saturated heterocycles. The Morgan fingerprint density at radius 2 is 1.73 bits per heavy atom. The van der Waals surface area contributed by atoms with E-state index in [1.54, 1.807) is 6.07 Å². The number of nitrogens with one attached hydrogen (secondary N) is 2. The molecule has 0 aromatic heterocycles. The first-order valence-electron chi connectivity index (χ1n) is 11.5. The summed E-state index contributed by atoms with van der Waals surface area (Å²) < 4.78 is 0.